The van der Waals surface area contributed by atoms with E-state index >= 15 is 0 Å². The van der Waals surface area contributed by atoms with E-state index in [0.29, 0.717) is 11.3 Å². The molecule has 0 aromatic heterocycles. The molecule has 94 valence electrons. The van der Waals surface area contributed by atoms with Crippen molar-refractivity contribution in [2.45, 2.75) is 23.1 Å². The lowest BCUT2D eigenvalue weighted by molar-refractivity contribution is -0.133. The molecule has 0 bridgehead atoms. The second-order valence-corrected chi connectivity index (χ2v) is 6.54. The molecule has 0 unspecified atom stereocenters. The topological polar surface area (TPSA) is 71.4 Å². The highest BCUT2D eigenvalue weighted by atomic mass is 32.2. The Morgan fingerprint density at radius 3 is 2.59 bits per heavy atom. The summed E-state index contributed by atoms with van der Waals surface area (Å²) in [5.74, 6) is -1.02. The number of hydrogen-bond acceptors (Lipinski definition) is 4. The summed E-state index contributed by atoms with van der Waals surface area (Å²) in [5, 5.41) is 8.60. The molecule has 0 aliphatic rings. The third-order valence-corrected chi connectivity index (χ3v) is 5.17. The highest BCUT2D eigenvalue weighted by Gasteiger charge is 2.17. The first-order chi connectivity index (χ1) is 7.97. The summed E-state index contributed by atoms with van der Waals surface area (Å²) in [7, 11) is -3.30. The first kappa shape index (κ1) is 14.1. The van der Waals surface area contributed by atoms with Gasteiger partial charge in [-0.15, -0.1) is 11.8 Å². The number of sulfone groups is 1. The van der Waals surface area contributed by atoms with Crippen LogP contribution in [0.25, 0.3) is 0 Å². The van der Waals surface area contributed by atoms with Crippen LogP contribution in [0, 0.1) is 0 Å². The summed E-state index contributed by atoms with van der Waals surface area (Å²) < 4.78 is 23.9. The minimum atomic E-state index is -3.30. The Hall–Kier alpha value is -1.01. The number of rotatable bonds is 6. The van der Waals surface area contributed by atoms with E-state index in [2.05, 4.69) is 0 Å². The van der Waals surface area contributed by atoms with Gasteiger partial charge in [0.1, 0.15) is 0 Å². The Balaban J connectivity index is 3.03. The summed E-state index contributed by atoms with van der Waals surface area (Å²) in [5.41, 5.74) is 0. The van der Waals surface area contributed by atoms with Gasteiger partial charge in [0.2, 0.25) is 0 Å². The van der Waals surface area contributed by atoms with Gasteiger partial charge in [0.05, 0.1) is 16.4 Å². The number of carboxylic acids is 1. The maximum atomic E-state index is 11.9. The minimum Gasteiger partial charge on any atom is -0.481 e. The van der Waals surface area contributed by atoms with Gasteiger partial charge < -0.3 is 5.11 Å². The van der Waals surface area contributed by atoms with Crippen molar-refractivity contribution in [3.05, 3.63) is 24.3 Å². The molecule has 1 aromatic rings. The zero-order valence-corrected chi connectivity index (χ0v) is 11.1. The second-order valence-electron chi connectivity index (χ2n) is 3.45. The first-order valence-electron chi connectivity index (χ1n) is 5.13. The predicted molar refractivity (Wildman–Crippen MR) is 67.1 cm³/mol. The highest BCUT2D eigenvalue weighted by molar-refractivity contribution is 8.00. The van der Waals surface area contributed by atoms with Crippen molar-refractivity contribution in [3.8, 4) is 0 Å². The SMILES string of the molecule is CCCS(=O)(=O)c1ccccc1SCC(=O)O. The van der Waals surface area contributed by atoms with Crippen LogP contribution in [0.1, 0.15) is 13.3 Å². The summed E-state index contributed by atoms with van der Waals surface area (Å²) in [6.45, 7) is 1.80. The van der Waals surface area contributed by atoms with Crippen molar-refractivity contribution < 1.29 is 18.3 Å². The molecule has 0 saturated heterocycles. The zero-order chi connectivity index (χ0) is 12.9. The van der Waals surface area contributed by atoms with E-state index in [0.717, 1.165) is 11.8 Å². The van der Waals surface area contributed by atoms with E-state index in [-0.39, 0.29) is 16.4 Å². The molecule has 1 aromatic carbocycles. The Labute approximate surface area is 105 Å². The fourth-order valence-electron chi connectivity index (χ4n) is 1.34. The third-order valence-electron chi connectivity index (χ3n) is 2.01. The molecule has 0 heterocycles. The number of thioether (sulfide) groups is 1. The van der Waals surface area contributed by atoms with Crippen LogP contribution in [-0.4, -0.2) is 31.0 Å². The average Bonchev–Trinajstić information content (AvgIpc) is 2.26. The van der Waals surface area contributed by atoms with E-state index in [1.807, 2.05) is 0 Å². The van der Waals surface area contributed by atoms with Gasteiger partial charge in [0, 0.05) is 4.90 Å². The maximum Gasteiger partial charge on any atom is 0.313 e. The molecule has 6 heteroatoms. The highest BCUT2D eigenvalue weighted by Crippen LogP contribution is 2.27. The maximum absolute atomic E-state index is 11.9. The fraction of sp³-hybridized carbons (Fsp3) is 0.364. The van der Waals surface area contributed by atoms with Gasteiger partial charge in [-0.25, -0.2) is 8.42 Å². The predicted octanol–water partition coefficient (Wildman–Crippen LogP) is 2.05. The van der Waals surface area contributed by atoms with Gasteiger partial charge in [-0.2, -0.15) is 0 Å². The molecule has 0 fully saturated rings. The molecule has 17 heavy (non-hydrogen) atoms. The largest absolute Gasteiger partial charge is 0.481 e. The van der Waals surface area contributed by atoms with Crippen molar-refractivity contribution in [2.24, 2.45) is 0 Å². The zero-order valence-electron chi connectivity index (χ0n) is 9.42. The van der Waals surface area contributed by atoms with Crippen LogP contribution in [0.4, 0.5) is 0 Å². The Kier molecular flexibility index (Phi) is 5.02. The van der Waals surface area contributed by atoms with Crippen LogP contribution in [0.3, 0.4) is 0 Å². The Morgan fingerprint density at radius 1 is 1.35 bits per heavy atom. The van der Waals surface area contributed by atoms with Gasteiger partial charge in [0.25, 0.3) is 0 Å². The lowest BCUT2D eigenvalue weighted by Crippen LogP contribution is -2.08. The summed E-state index contributed by atoms with van der Waals surface area (Å²) in [6, 6.07) is 6.51. The number of aliphatic carboxylic acids is 1. The number of carboxylic acid groups (broad SMARTS) is 1. The first-order valence-corrected chi connectivity index (χ1v) is 7.77. The monoisotopic (exact) mass is 274 g/mol. The van der Waals surface area contributed by atoms with Crippen molar-refractivity contribution in [3.63, 3.8) is 0 Å². The second kappa shape index (κ2) is 6.07. The Bertz CT molecular complexity index is 494. The smallest absolute Gasteiger partial charge is 0.313 e. The summed E-state index contributed by atoms with van der Waals surface area (Å²) in [4.78, 5) is 11.2. The average molecular weight is 274 g/mol. The van der Waals surface area contributed by atoms with Crippen LogP contribution >= 0.6 is 11.8 Å². The standard InChI is InChI=1S/C11H14O4S2/c1-2-7-17(14,15)10-6-4-3-5-9(10)16-8-11(12)13/h3-6H,2,7-8H2,1H3,(H,12,13). The lowest BCUT2D eigenvalue weighted by Gasteiger charge is -2.08. The van der Waals surface area contributed by atoms with Crippen LogP contribution < -0.4 is 0 Å². The molecule has 0 spiro atoms. The quantitative estimate of drug-likeness (QED) is 0.804. The number of carbonyl (C=O) groups is 1. The molecule has 0 aliphatic carbocycles. The molecule has 1 N–H and O–H groups in total. The molecule has 0 aliphatic heterocycles. The number of benzene rings is 1. The fourth-order valence-corrected chi connectivity index (χ4v) is 3.98. The van der Waals surface area contributed by atoms with Gasteiger partial charge in [-0.1, -0.05) is 19.1 Å². The molecular weight excluding hydrogens is 260 g/mol. The van der Waals surface area contributed by atoms with Gasteiger partial charge in [-0.3, -0.25) is 4.79 Å². The van der Waals surface area contributed by atoms with Crippen molar-refractivity contribution >= 4 is 27.6 Å². The van der Waals surface area contributed by atoms with Gasteiger partial charge >= 0.3 is 5.97 Å². The van der Waals surface area contributed by atoms with Crippen LogP contribution in [-0.2, 0) is 14.6 Å². The van der Waals surface area contributed by atoms with Crippen molar-refractivity contribution in [1.82, 2.24) is 0 Å². The minimum absolute atomic E-state index is 0.0810. The molecular formula is C11H14O4S2. The van der Waals surface area contributed by atoms with E-state index in [9.17, 15) is 13.2 Å². The van der Waals surface area contributed by atoms with Crippen molar-refractivity contribution in [2.75, 3.05) is 11.5 Å². The normalized spacial score (nSPS) is 11.4. The molecule has 4 nitrogen and oxygen atoms in total. The van der Waals surface area contributed by atoms with E-state index in [4.69, 9.17) is 5.11 Å². The van der Waals surface area contributed by atoms with E-state index in [1.165, 1.54) is 6.07 Å². The summed E-state index contributed by atoms with van der Waals surface area (Å²) in [6.07, 6.45) is 0.542. The lowest BCUT2D eigenvalue weighted by atomic mass is 10.4. The van der Waals surface area contributed by atoms with Crippen LogP contribution in [0.5, 0.6) is 0 Å². The molecule has 0 saturated carbocycles. The van der Waals surface area contributed by atoms with Gasteiger partial charge in [0.15, 0.2) is 9.84 Å². The van der Waals surface area contributed by atoms with Crippen molar-refractivity contribution in [1.29, 1.82) is 0 Å². The molecule has 1 rings (SSSR count). The number of hydrogen-bond donors (Lipinski definition) is 1. The van der Waals surface area contributed by atoms with Crippen LogP contribution in [0.15, 0.2) is 34.1 Å². The van der Waals surface area contributed by atoms with Gasteiger partial charge in [-0.05, 0) is 18.6 Å². The van der Waals surface area contributed by atoms with Crippen LogP contribution in [0.2, 0.25) is 0 Å². The molecule has 0 radical (unpaired) electrons. The Morgan fingerprint density at radius 2 is 2.00 bits per heavy atom. The summed E-state index contributed by atoms with van der Waals surface area (Å²) >= 11 is 1.03. The van der Waals surface area contributed by atoms with E-state index < -0.39 is 15.8 Å². The van der Waals surface area contributed by atoms with E-state index in [1.54, 1.807) is 25.1 Å². The molecule has 0 atom stereocenters. The third kappa shape index (κ3) is 4.05. The molecule has 0 amide bonds.